The molecule has 2 heterocycles. The maximum Gasteiger partial charge on any atom is 0.246 e. The molecule has 0 N–H and O–H groups in total. The highest BCUT2D eigenvalue weighted by Gasteiger charge is 2.19. The zero-order valence-electron chi connectivity index (χ0n) is 11.8. The Balaban J connectivity index is 2.07. The summed E-state index contributed by atoms with van der Waals surface area (Å²) in [7, 11) is 0. The number of aryl methyl sites for hydroxylation is 3. The predicted molar refractivity (Wildman–Crippen MR) is 77.0 cm³/mol. The Bertz CT molecular complexity index is 796. The van der Waals surface area contributed by atoms with Gasteiger partial charge in [0.25, 0.3) is 0 Å². The van der Waals surface area contributed by atoms with Crippen molar-refractivity contribution in [1.82, 2.24) is 9.78 Å². The van der Waals surface area contributed by atoms with Gasteiger partial charge in [0, 0.05) is 11.9 Å². The summed E-state index contributed by atoms with van der Waals surface area (Å²) in [5.41, 5.74) is 3.29. The average molecular weight is 268 g/mol. The molecule has 0 spiro atoms. The summed E-state index contributed by atoms with van der Waals surface area (Å²) in [5.74, 6) is 0.238. The van der Waals surface area contributed by atoms with Crippen molar-refractivity contribution >= 4 is 16.8 Å². The van der Waals surface area contributed by atoms with Crippen LogP contribution in [0.4, 0.5) is 0 Å². The highest BCUT2D eigenvalue weighted by atomic mass is 16.3. The molecular formula is C16H16N2O2. The molecule has 1 aromatic carbocycles. The number of carbonyl (C=O) groups excluding carboxylic acids is 1. The van der Waals surface area contributed by atoms with E-state index in [-0.39, 0.29) is 5.78 Å². The average Bonchev–Trinajstić information content (AvgIpc) is 3.00. The highest BCUT2D eigenvalue weighted by molar-refractivity contribution is 6.08. The summed E-state index contributed by atoms with van der Waals surface area (Å²) in [5, 5.41) is 5.25. The summed E-state index contributed by atoms with van der Waals surface area (Å²) >= 11 is 0. The summed E-state index contributed by atoms with van der Waals surface area (Å²) in [6, 6.07) is 9.47. The van der Waals surface area contributed by atoms with Crippen molar-refractivity contribution in [2.45, 2.75) is 27.3 Å². The molecule has 3 aromatic rings. The van der Waals surface area contributed by atoms with E-state index in [1.54, 1.807) is 16.8 Å². The lowest BCUT2D eigenvalue weighted by atomic mass is 10.1. The molecule has 0 aliphatic carbocycles. The second-order valence-electron chi connectivity index (χ2n) is 4.97. The fourth-order valence-corrected chi connectivity index (χ4v) is 2.37. The maximum atomic E-state index is 12.5. The van der Waals surface area contributed by atoms with E-state index in [2.05, 4.69) is 5.10 Å². The summed E-state index contributed by atoms with van der Waals surface area (Å²) in [6.45, 7) is 6.52. The molecule has 0 amide bonds. The smallest absolute Gasteiger partial charge is 0.246 e. The minimum absolute atomic E-state index is 0.124. The number of furan rings is 1. The molecular weight excluding hydrogens is 252 g/mol. The SMILES string of the molecule is CCn1nc(C)cc1C(=O)c1cc2cc(C)ccc2o1. The zero-order valence-corrected chi connectivity index (χ0v) is 11.8. The molecule has 0 saturated heterocycles. The molecule has 4 heteroatoms. The largest absolute Gasteiger partial charge is 0.453 e. The van der Waals surface area contributed by atoms with E-state index < -0.39 is 0 Å². The van der Waals surface area contributed by atoms with Crippen LogP contribution in [0.2, 0.25) is 0 Å². The Morgan fingerprint density at radius 2 is 2.05 bits per heavy atom. The van der Waals surface area contributed by atoms with Crippen LogP contribution in [0.3, 0.4) is 0 Å². The van der Waals surface area contributed by atoms with E-state index in [9.17, 15) is 4.79 Å². The van der Waals surface area contributed by atoms with Crippen molar-refractivity contribution in [2.75, 3.05) is 0 Å². The molecule has 0 radical (unpaired) electrons. The summed E-state index contributed by atoms with van der Waals surface area (Å²) < 4.78 is 7.36. The van der Waals surface area contributed by atoms with Crippen LogP contribution in [-0.2, 0) is 6.54 Å². The van der Waals surface area contributed by atoms with Gasteiger partial charge >= 0.3 is 0 Å². The number of hydrogen-bond donors (Lipinski definition) is 0. The van der Waals surface area contributed by atoms with Crippen LogP contribution in [0, 0.1) is 13.8 Å². The highest BCUT2D eigenvalue weighted by Crippen LogP contribution is 2.23. The first-order chi connectivity index (χ1) is 9.58. The number of carbonyl (C=O) groups is 1. The van der Waals surface area contributed by atoms with Gasteiger partial charge in [-0.3, -0.25) is 9.48 Å². The molecule has 0 unspecified atom stereocenters. The van der Waals surface area contributed by atoms with Crippen LogP contribution in [0.5, 0.6) is 0 Å². The van der Waals surface area contributed by atoms with Crippen molar-refractivity contribution in [3.8, 4) is 0 Å². The molecule has 0 bridgehead atoms. The van der Waals surface area contributed by atoms with Crippen LogP contribution < -0.4 is 0 Å². The molecule has 0 fully saturated rings. The summed E-state index contributed by atoms with van der Waals surface area (Å²) in [4.78, 5) is 12.5. The van der Waals surface area contributed by atoms with E-state index in [1.165, 1.54) is 0 Å². The predicted octanol–water partition coefficient (Wildman–Crippen LogP) is 3.50. The Morgan fingerprint density at radius 1 is 1.25 bits per heavy atom. The van der Waals surface area contributed by atoms with Gasteiger partial charge in [0.1, 0.15) is 11.3 Å². The van der Waals surface area contributed by atoms with Crippen molar-refractivity contribution in [3.63, 3.8) is 0 Å². The third-order valence-electron chi connectivity index (χ3n) is 3.33. The summed E-state index contributed by atoms with van der Waals surface area (Å²) in [6.07, 6.45) is 0. The maximum absolute atomic E-state index is 12.5. The van der Waals surface area contributed by atoms with Crippen molar-refractivity contribution < 1.29 is 9.21 Å². The fourth-order valence-electron chi connectivity index (χ4n) is 2.37. The second-order valence-corrected chi connectivity index (χ2v) is 4.97. The molecule has 102 valence electrons. The van der Waals surface area contributed by atoms with Crippen LogP contribution in [0.1, 0.15) is 34.4 Å². The molecule has 0 aliphatic heterocycles. The standard InChI is InChI=1S/C16H16N2O2/c1-4-18-13(8-11(3)17-18)16(19)15-9-12-7-10(2)5-6-14(12)20-15/h5-9H,4H2,1-3H3. The normalized spacial score (nSPS) is 11.2. The lowest BCUT2D eigenvalue weighted by Gasteiger charge is -2.00. The second kappa shape index (κ2) is 4.63. The Labute approximate surface area is 117 Å². The van der Waals surface area contributed by atoms with Gasteiger partial charge < -0.3 is 4.42 Å². The third kappa shape index (κ3) is 2.03. The minimum atomic E-state index is -0.124. The van der Waals surface area contributed by atoms with Gasteiger partial charge in [-0.2, -0.15) is 5.10 Å². The van der Waals surface area contributed by atoms with Crippen LogP contribution in [-0.4, -0.2) is 15.6 Å². The number of aromatic nitrogens is 2. The molecule has 4 nitrogen and oxygen atoms in total. The van der Waals surface area contributed by atoms with Gasteiger partial charge in [-0.15, -0.1) is 0 Å². The molecule has 0 atom stereocenters. The lowest BCUT2D eigenvalue weighted by Crippen LogP contribution is -2.09. The van der Waals surface area contributed by atoms with Gasteiger partial charge in [0.05, 0.1) is 5.69 Å². The van der Waals surface area contributed by atoms with Gasteiger partial charge in [0.15, 0.2) is 5.76 Å². The number of hydrogen-bond acceptors (Lipinski definition) is 3. The minimum Gasteiger partial charge on any atom is -0.453 e. The van der Waals surface area contributed by atoms with E-state index in [4.69, 9.17) is 4.42 Å². The number of ketones is 1. The van der Waals surface area contributed by atoms with Crippen molar-refractivity contribution in [1.29, 1.82) is 0 Å². The van der Waals surface area contributed by atoms with Crippen LogP contribution in [0.15, 0.2) is 34.7 Å². The van der Waals surface area contributed by atoms with Gasteiger partial charge in [-0.05, 0) is 45.0 Å². The quantitative estimate of drug-likeness (QED) is 0.683. The van der Waals surface area contributed by atoms with Crippen molar-refractivity contribution in [3.05, 3.63) is 53.0 Å². The number of rotatable bonds is 3. The Hall–Kier alpha value is -2.36. The first-order valence-corrected chi connectivity index (χ1v) is 6.68. The molecule has 3 rings (SSSR count). The van der Waals surface area contributed by atoms with E-state index in [0.29, 0.717) is 18.0 Å². The third-order valence-corrected chi connectivity index (χ3v) is 3.33. The van der Waals surface area contributed by atoms with Gasteiger partial charge in [0.2, 0.25) is 5.78 Å². The van der Waals surface area contributed by atoms with Crippen LogP contribution >= 0.6 is 0 Å². The topological polar surface area (TPSA) is 48.0 Å². The van der Waals surface area contributed by atoms with E-state index in [1.807, 2.05) is 39.0 Å². The number of benzene rings is 1. The zero-order chi connectivity index (χ0) is 14.3. The van der Waals surface area contributed by atoms with Crippen LogP contribution in [0.25, 0.3) is 11.0 Å². The van der Waals surface area contributed by atoms with Gasteiger partial charge in [-0.1, -0.05) is 11.6 Å². The number of nitrogens with zero attached hydrogens (tertiary/aromatic N) is 2. The molecule has 0 saturated carbocycles. The molecule has 0 aliphatic rings. The Kier molecular flexibility index (Phi) is 2.93. The lowest BCUT2D eigenvalue weighted by molar-refractivity contribution is 0.100. The monoisotopic (exact) mass is 268 g/mol. The van der Waals surface area contributed by atoms with Crippen molar-refractivity contribution in [2.24, 2.45) is 0 Å². The first kappa shape index (κ1) is 12.7. The van der Waals surface area contributed by atoms with Gasteiger partial charge in [-0.25, -0.2) is 0 Å². The number of fused-ring (bicyclic) bond motifs is 1. The molecule has 2 aromatic heterocycles. The fraction of sp³-hybridized carbons (Fsp3) is 0.250. The first-order valence-electron chi connectivity index (χ1n) is 6.68. The van der Waals surface area contributed by atoms with E-state index >= 15 is 0 Å². The Morgan fingerprint density at radius 3 is 2.80 bits per heavy atom. The molecule has 20 heavy (non-hydrogen) atoms. The van der Waals surface area contributed by atoms with E-state index in [0.717, 1.165) is 22.2 Å².